The summed E-state index contributed by atoms with van der Waals surface area (Å²) in [6, 6.07) is 15.5. The average Bonchev–Trinajstić information content (AvgIpc) is 3.48. The summed E-state index contributed by atoms with van der Waals surface area (Å²) in [5, 5.41) is 11.4. The van der Waals surface area contributed by atoms with Gasteiger partial charge >= 0.3 is 0 Å². The van der Waals surface area contributed by atoms with E-state index in [4.69, 9.17) is 10.2 Å². The molecule has 0 saturated heterocycles. The molecule has 4 rings (SSSR count). The number of hydrogen-bond donors (Lipinski definition) is 1. The van der Waals surface area contributed by atoms with Crippen LogP contribution in [0.15, 0.2) is 58.3 Å². The molecule has 2 aromatic heterocycles. The number of rotatable bonds is 8. The fraction of sp³-hybridized carbons (Fsp3) is 0.308. The second-order valence-electron chi connectivity index (χ2n) is 9.20. The molecule has 0 bridgehead atoms. The Kier molecular flexibility index (Phi) is 7.00. The molecule has 0 fully saturated rings. The van der Waals surface area contributed by atoms with E-state index in [2.05, 4.69) is 15.2 Å². The minimum atomic E-state index is -0.837. The Morgan fingerprint density at radius 1 is 1.11 bits per heavy atom. The number of benzene rings is 2. The standard InChI is InChI=1S/C26H30N6O2S/c1-17-16-35-22(28-17)15-32(5)24(33)20-11-19(12-21(13-20)31(3)4)23-29-30-25(34-23)26(2,27)14-18-9-7-6-8-10-18/h6-13,16H,14-15,27H2,1-5H3/t26-/m1/s1. The first-order valence-electron chi connectivity index (χ1n) is 11.3. The Morgan fingerprint density at radius 2 is 1.86 bits per heavy atom. The molecule has 0 spiro atoms. The monoisotopic (exact) mass is 490 g/mol. The zero-order valence-corrected chi connectivity index (χ0v) is 21.5. The molecule has 0 radical (unpaired) electrons. The van der Waals surface area contributed by atoms with Gasteiger partial charge in [0.2, 0.25) is 11.8 Å². The maximum absolute atomic E-state index is 13.3. The number of nitrogens with zero attached hydrogens (tertiary/aromatic N) is 5. The molecule has 1 amide bonds. The van der Waals surface area contributed by atoms with Gasteiger partial charge in [-0.05, 0) is 44.0 Å². The predicted octanol–water partition coefficient (Wildman–Crippen LogP) is 4.26. The average molecular weight is 491 g/mol. The van der Waals surface area contributed by atoms with Crippen LogP contribution >= 0.6 is 11.3 Å². The first-order chi connectivity index (χ1) is 16.6. The summed E-state index contributed by atoms with van der Waals surface area (Å²) in [5.74, 6) is 0.548. The van der Waals surface area contributed by atoms with Crippen LogP contribution < -0.4 is 10.6 Å². The molecule has 2 aromatic carbocycles. The first kappa shape index (κ1) is 24.6. The molecule has 0 saturated carbocycles. The van der Waals surface area contributed by atoms with E-state index in [9.17, 15) is 4.79 Å². The first-order valence-corrected chi connectivity index (χ1v) is 12.2. The summed E-state index contributed by atoms with van der Waals surface area (Å²) in [6.45, 7) is 4.26. The van der Waals surface area contributed by atoms with Crippen molar-refractivity contribution in [1.82, 2.24) is 20.1 Å². The van der Waals surface area contributed by atoms with Crippen LogP contribution in [0.1, 0.15) is 39.4 Å². The van der Waals surface area contributed by atoms with Crippen LogP contribution in [-0.4, -0.2) is 47.1 Å². The summed E-state index contributed by atoms with van der Waals surface area (Å²) < 4.78 is 6.04. The number of aryl methyl sites for hydroxylation is 1. The van der Waals surface area contributed by atoms with Crippen LogP contribution in [-0.2, 0) is 18.5 Å². The van der Waals surface area contributed by atoms with Gasteiger partial charge in [-0.25, -0.2) is 4.98 Å². The van der Waals surface area contributed by atoms with E-state index in [0.29, 0.717) is 35.9 Å². The summed E-state index contributed by atoms with van der Waals surface area (Å²) in [5.41, 5.74) is 9.80. The topological polar surface area (TPSA) is 101 Å². The van der Waals surface area contributed by atoms with Crippen LogP contribution in [0, 0.1) is 6.92 Å². The number of nitrogens with two attached hydrogens (primary N) is 1. The van der Waals surface area contributed by atoms with Crippen molar-refractivity contribution in [2.45, 2.75) is 32.4 Å². The van der Waals surface area contributed by atoms with Crippen LogP contribution in [0.2, 0.25) is 0 Å². The van der Waals surface area contributed by atoms with Crippen LogP contribution in [0.4, 0.5) is 5.69 Å². The van der Waals surface area contributed by atoms with E-state index in [-0.39, 0.29) is 5.91 Å². The Balaban J connectivity index is 1.61. The minimum absolute atomic E-state index is 0.115. The molecule has 0 unspecified atom stereocenters. The van der Waals surface area contributed by atoms with E-state index < -0.39 is 5.54 Å². The highest BCUT2D eigenvalue weighted by molar-refractivity contribution is 7.09. The number of carbonyl (C=O) groups excluding carboxylic acids is 1. The summed E-state index contributed by atoms with van der Waals surface area (Å²) in [6.07, 6.45) is 0.554. The Morgan fingerprint density at radius 3 is 2.51 bits per heavy atom. The van der Waals surface area contributed by atoms with Crippen molar-refractivity contribution in [2.75, 3.05) is 26.0 Å². The molecule has 2 heterocycles. The summed E-state index contributed by atoms with van der Waals surface area (Å²) in [4.78, 5) is 21.3. The van der Waals surface area contributed by atoms with Crippen molar-refractivity contribution in [3.05, 3.63) is 81.6 Å². The van der Waals surface area contributed by atoms with Crippen molar-refractivity contribution in [3.63, 3.8) is 0 Å². The number of aromatic nitrogens is 3. The largest absolute Gasteiger partial charge is 0.419 e. The Bertz CT molecular complexity index is 1310. The molecule has 35 heavy (non-hydrogen) atoms. The third kappa shape index (κ3) is 5.75. The third-order valence-corrected chi connectivity index (χ3v) is 6.59. The molecule has 9 heteroatoms. The van der Waals surface area contributed by atoms with E-state index in [1.807, 2.05) is 80.7 Å². The molecule has 182 valence electrons. The van der Waals surface area contributed by atoms with E-state index in [0.717, 1.165) is 22.0 Å². The Hall–Kier alpha value is -3.56. The number of anilines is 1. The van der Waals surface area contributed by atoms with Gasteiger partial charge in [0.1, 0.15) is 5.01 Å². The number of hydrogen-bond acceptors (Lipinski definition) is 8. The maximum Gasteiger partial charge on any atom is 0.254 e. The summed E-state index contributed by atoms with van der Waals surface area (Å²) >= 11 is 1.55. The van der Waals surface area contributed by atoms with Gasteiger partial charge in [-0.3, -0.25) is 4.79 Å². The highest BCUT2D eigenvalue weighted by atomic mass is 32.1. The lowest BCUT2D eigenvalue weighted by Crippen LogP contribution is -2.35. The van der Waals surface area contributed by atoms with E-state index in [1.54, 1.807) is 29.4 Å². The lowest BCUT2D eigenvalue weighted by Gasteiger charge is -2.20. The molecule has 1 atom stereocenters. The van der Waals surface area contributed by atoms with Gasteiger partial charge < -0.3 is 20.0 Å². The minimum Gasteiger partial charge on any atom is -0.419 e. The highest BCUT2D eigenvalue weighted by Gasteiger charge is 2.29. The van der Waals surface area contributed by atoms with Crippen molar-refractivity contribution in [1.29, 1.82) is 0 Å². The Labute approximate surface area is 209 Å². The second-order valence-corrected chi connectivity index (χ2v) is 10.1. The van der Waals surface area contributed by atoms with Crippen molar-refractivity contribution >= 4 is 22.9 Å². The predicted molar refractivity (Wildman–Crippen MR) is 138 cm³/mol. The number of amides is 1. The van der Waals surface area contributed by atoms with E-state index >= 15 is 0 Å². The number of carbonyl (C=O) groups is 1. The van der Waals surface area contributed by atoms with Gasteiger partial charge in [0.05, 0.1) is 12.1 Å². The maximum atomic E-state index is 13.3. The zero-order chi connectivity index (χ0) is 25.2. The smallest absolute Gasteiger partial charge is 0.254 e. The lowest BCUT2D eigenvalue weighted by atomic mass is 9.94. The fourth-order valence-corrected chi connectivity index (χ4v) is 4.58. The molecule has 2 N–H and O–H groups in total. The third-order valence-electron chi connectivity index (χ3n) is 5.64. The van der Waals surface area contributed by atoms with Crippen LogP contribution in [0.5, 0.6) is 0 Å². The van der Waals surface area contributed by atoms with Gasteiger partial charge in [-0.15, -0.1) is 21.5 Å². The van der Waals surface area contributed by atoms with Crippen molar-refractivity contribution < 1.29 is 9.21 Å². The zero-order valence-electron chi connectivity index (χ0n) is 20.6. The molecule has 4 aromatic rings. The molecule has 0 aliphatic heterocycles. The highest BCUT2D eigenvalue weighted by Crippen LogP contribution is 2.29. The quantitative estimate of drug-likeness (QED) is 0.394. The van der Waals surface area contributed by atoms with Crippen molar-refractivity contribution in [2.24, 2.45) is 5.73 Å². The van der Waals surface area contributed by atoms with Crippen molar-refractivity contribution in [3.8, 4) is 11.5 Å². The molecule has 0 aliphatic carbocycles. The van der Waals surface area contributed by atoms with Crippen LogP contribution in [0.3, 0.4) is 0 Å². The van der Waals surface area contributed by atoms with Gasteiger partial charge in [0.25, 0.3) is 5.91 Å². The van der Waals surface area contributed by atoms with Crippen LogP contribution in [0.25, 0.3) is 11.5 Å². The summed E-state index contributed by atoms with van der Waals surface area (Å²) in [7, 11) is 5.62. The van der Waals surface area contributed by atoms with Gasteiger partial charge in [-0.2, -0.15) is 0 Å². The molecular formula is C26H30N6O2S. The molecular weight excluding hydrogens is 460 g/mol. The van der Waals surface area contributed by atoms with Gasteiger partial charge in [-0.1, -0.05) is 30.3 Å². The molecule has 0 aliphatic rings. The fourth-order valence-electron chi connectivity index (χ4n) is 3.75. The number of thiazole rings is 1. The van der Waals surface area contributed by atoms with Gasteiger partial charge in [0.15, 0.2) is 0 Å². The normalized spacial score (nSPS) is 12.9. The molecule has 8 nitrogen and oxygen atoms in total. The van der Waals surface area contributed by atoms with Gasteiger partial charge in [0, 0.05) is 49.0 Å². The SMILES string of the molecule is Cc1csc(CN(C)C(=O)c2cc(-c3nnc([C@](C)(N)Cc4ccccc4)o3)cc(N(C)C)c2)n1. The second kappa shape index (κ2) is 9.97. The van der Waals surface area contributed by atoms with E-state index in [1.165, 1.54) is 0 Å². The lowest BCUT2D eigenvalue weighted by molar-refractivity contribution is 0.0785.